The second kappa shape index (κ2) is 6.85. The molecule has 0 aliphatic rings. The van der Waals surface area contributed by atoms with Crippen molar-refractivity contribution in [2.24, 2.45) is 0 Å². The van der Waals surface area contributed by atoms with Gasteiger partial charge in [-0.15, -0.1) is 0 Å². The van der Waals surface area contributed by atoms with Crippen molar-refractivity contribution in [1.82, 2.24) is 0 Å². The van der Waals surface area contributed by atoms with Crippen molar-refractivity contribution in [2.45, 2.75) is 19.3 Å². The minimum absolute atomic E-state index is 0.104. The second-order valence-electron chi connectivity index (χ2n) is 3.33. The molecule has 0 amide bonds. The fourth-order valence-corrected chi connectivity index (χ4v) is 1.23. The number of methoxy groups -OCH3 is 1. The lowest BCUT2D eigenvalue weighted by Crippen LogP contribution is -2.07. The third-order valence-electron chi connectivity index (χ3n) is 2.06. The lowest BCUT2D eigenvalue weighted by atomic mass is 10.2. The third-order valence-corrected chi connectivity index (χ3v) is 2.06. The maximum atomic E-state index is 11.3. The van der Waals surface area contributed by atoms with Gasteiger partial charge < -0.3 is 14.6 Å². The number of carbonyl (C=O) groups excluding carboxylic acids is 1. The molecule has 0 unspecified atom stereocenters. The molecule has 0 aliphatic carbocycles. The van der Waals surface area contributed by atoms with E-state index in [1.54, 1.807) is 31.4 Å². The van der Waals surface area contributed by atoms with E-state index in [4.69, 9.17) is 14.6 Å². The van der Waals surface area contributed by atoms with Crippen molar-refractivity contribution in [3.05, 3.63) is 24.3 Å². The number of esters is 1. The number of ether oxygens (including phenoxy) is 2. The first-order valence-electron chi connectivity index (χ1n) is 5.22. The van der Waals surface area contributed by atoms with Gasteiger partial charge in [0.1, 0.15) is 11.5 Å². The van der Waals surface area contributed by atoms with Gasteiger partial charge in [0, 0.05) is 19.1 Å². The van der Waals surface area contributed by atoms with Crippen LogP contribution in [0.25, 0.3) is 0 Å². The lowest BCUT2D eigenvalue weighted by Gasteiger charge is -2.05. The molecule has 16 heavy (non-hydrogen) atoms. The molecule has 0 fully saturated rings. The van der Waals surface area contributed by atoms with Crippen LogP contribution in [0.15, 0.2) is 24.3 Å². The maximum absolute atomic E-state index is 11.3. The standard InChI is InChI=1S/C12H16O4/c1-15-10-5-4-6-11(9-10)16-12(14)7-2-3-8-13/h4-6,9,13H,2-3,7-8H2,1H3. The van der Waals surface area contributed by atoms with Crippen LogP contribution in [0.3, 0.4) is 0 Å². The SMILES string of the molecule is COc1cccc(OC(=O)CCCCO)c1. The summed E-state index contributed by atoms with van der Waals surface area (Å²) in [6.45, 7) is 0.104. The monoisotopic (exact) mass is 224 g/mol. The van der Waals surface area contributed by atoms with E-state index in [-0.39, 0.29) is 12.6 Å². The molecule has 0 saturated heterocycles. The molecule has 0 radical (unpaired) electrons. The number of rotatable bonds is 6. The fourth-order valence-electron chi connectivity index (χ4n) is 1.23. The normalized spacial score (nSPS) is 9.88. The van der Waals surface area contributed by atoms with Crippen LogP contribution >= 0.6 is 0 Å². The number of hydrogen-bond donors (Lipinski definition) is 1. The molecule has 0 bridgehead atoms. The predicted molar refractivity (Wildman–Crippen MR) is 59.6 cm³/mol. The van der Waals surface area contributed by atoms with E-state index in [1.165, 1.54) is 0 Å². The summed E-state index contributed by atoms with van der Waals surface area (Å²) in [6.07, 6.45) is 1.57. The molecule has 4 nitrogen and oxygen atoms in total. The number of hydrogen-bond acceptors (Lipinski definition) is 4. The van der Waals surface area contributed by atoms with Crippen LogP contribution in [-0.2, 0) is 4.79 Å². The Balaban J connectivity index is 2.43. The second-order valence-corrected chi connectivity index (χ2v) is 3.33. The first-order chi connectivity index (χ1) is 7.76. The summed E-state index contributed by atoms with van der Waals surface area (Å²) in [5.41, 5.74) is 0. The van der Waals surface area contributed by atoms with Crippen LogP contribution in [0.2, 0.25) is 0 Å². The van der Waals surface area contributed by atoms with Crippen LogP contribution in [0.4, 0.5) is 0 Å². The van der Waals surface area contributed by atoms with Gasteiger partial charge in [-0.05, 0) is 25.0 Å². The predicted octanol–water partition coefficient (Wildman–Crippen LogP) is 1.76. The Morgan fingerprint density at radius 2 is 2.06 bits per heavy atom. The Kier molecular flexibility index (Phi) is 5.36. The van der Waals surface area contributed by atoms with E-state index in [1.807, 2.05) is 0 Å². The summed E-state index contributed by atoms with van der Waals surface area (Å²) in [6, 6.07) is 6.90. The lowest BCUT2D eigenvalue weighted by molar-refractivity contribution is -0.134. The largest absolute Gasteiger partial charge is 0.497 e. The van der Waals surface area contributed by atoms with Crippen LogP contribution < -0.4 is 9.47 Å². The summed E-state index contributed by atoms with van der Waals surface area (Å²) in [4.78, 5) is 11.3. The van der Waals surface area contributed by atoms with E-state index in [9.17, 15) is 4.79 Å². The van der Waals surface area contributed by atoms with Gasteiger partial charge in [-0.2, -0.15) is 0 Å². The average molecular weight is 224 g/mol. The summed E-state index contributed by atoms with van der Waals surface area (Å²) in [5, 5.41) is 8.57. The highest BCUT2D eigenvalue weighted by Crippen LogP contribution is 2.19. The molecule has 1 aromatic rings. The van der Waals surface area contributed by atoms with Crippen molar-refractivity contribution in [2.75, 3.05) is 13.7 Å². The molecule has 0 saturated carbocycles. The quantitative estimate of drug-likeness (QED) is 0.454. The van der Waals surface area contributed by atoms with Crippen molar-refractivity contribution in [1.29, 1.82) is 0 Å². The minimum atomic E-state index is -0.290. The highest BCUT2D eigenvalue weighted by Gasteiger charge is 2.05. The van der Waals surface area contributed by atoms with Gasteiger partial charge in [-0.25, -0.2) is 0 Å². The molecular formula is C12H16O4. The van der Waals surface area contributed by atoms with E-state index in [0.29, 0.717) is 30.8 Å². The van der Waals surface area contributed by atoms with Crippen LogP contribution in [0, 0.1) is 0 Å². The summed E-state index contributed by atoms with van der Waals surface area (Å²) in [7, 11) is 1.56. The Bertz CT molecular complexity index is 336. The van der Waals surface area contributed by atoms with Crippen molar-refractivity contribution < 1.29 is 19.4 Å². The van der Waals surface area contributed by atoms with Crippen molar-refractivity contribution >= 4 is 5.97 Å². The van der Waals surface area contributed by atoms with Crippen LogP contribution in [0.5, 0.6) is 11.5 Å². The molecule has 0 spiro atoms. The van der Waals surface area contributed by atoms with E-state index >= 15 is 0 Å². The van der Waals surface area contributed by atoms with Gasteiger partial charge >= 0.3 is 5.97 Å². The van der Waals surface area contributed by atoms with Gasteiger partial charge in [0.05, 0.1) is 7.11 Å². The van der Waals surface area contributed by atoms with Crippen LogP contribution in [0.1, 0.15) is 19.3 Å². The van der Waals surface area contributed by atoms with Crippen molar-refractivity contribution in [3.63, 3.8) is 0 Å². The average Bonchev–Trinajstić information content (AvgIpc) is 2.29. The Hall–Kier alpha value is -1.55. The fraction of sp³-hybridized carbons (Fsp3) is 0.417. The number of aliphatic hydroxyl groups is 1. The number of unbranched alkanes of at least 4 members (excludes halogenated alkanes) is 1. The van der Waals surface area contributed by atoms with Gasteiger partial charge in [0.2, 0.25) is 0 Å². The topological polar surface area (TPSA) is 55.8 Å². The third kappa shape index (κ3) is 4.31. The summed E-state index contributed by atoms with van der Waals surface area (Å²) in [5.74, 6) is 0.843. The highest BCUT2D eigenvalue weighted by molar-refractivity contribution is 5.72. The maximum Gasteiger partial charge on any atom is 0.311 e. The molecule has 1 rings (SSSR count). The van der Waals surface area contributed by atoms with Gasteiger partial charge in [0.25, 0.3) is 0 Å². The van der Waals surface area contributed by atoms with E-state index < -0.39 is 0 Å². The van der Waals surface area contributed by atoms with Crippen LogP contribution in [-0.4, -0.2) is 24.8 Å². The molecule has 88 valence electrons. The number of aliphatic hydroxyl groups excluding tert-OH is 1. The number of carbonyl (C=O) groups is 1. The van der Waals surface area contributed by atoms with Crippen molar-refractivity contribution in [3.8, 4) is 11.5 Å². The zero-order valence-corrected chi connectivity index (χ0v) is 9.31. The molecule has 1 N–H and O–H groups in total. The summed E-state index contributed by atoms with van der Waals surface area (Å²) >= 11 is 0. The number of benzene rings is 1. The molecule has 0 aromatic heterocycles. The Morgan fingerprint density at radius 3 is 2.75 bits per heavy atom. The molecule has 0 atom stereocenters. The smallest absolute Gasteiger partial charge is 0.311 e. The molecule has 0 aliphatic heterocycles. The zero-order valence-electron chi connectivity index (χ0n) is 9.31. The highest BCUT2D eigenvalue weighted by atomic mass is 16.5. The first-order valence-corrected chi connectivity index (χ1v) is 5.22. The first kappa shape index (κ1) is 12.5. The van der Waals surface area contributed by atoms with E-state index in [2.05, 4.69) is 0 Å². The van der Waals surface area contributed by atoms with Gasteiger partial charge in [-0.1, -0.05) is 6.07 Å². The minimum Gasteiger partial charge on any atom is -0.497 e. The van der Waals surface area contributed by atoms with Gasteiger partial charge in [0.15, 0.2) is 0 Å². The molecular weight excluding hydrogens is 208 g/mol. The van der Waals surface area contributed by atoms with Gasteiger partial charge in [-0.3, -0.25) is 4.79 Å². The molecule has 0 heterocycles. The summed E-state index contributed by atoms with van der Waals surface area (Å²) < 4.78 is 10.1. The molecule has 4 heteroatoms. The Labute approximate surface area is 94.8 Å². The Morgan fingerprint density at radius 1 is 1.31 bits per heavy atom. The zero-order chi connectivity index (χ0) is 11.8. The molecule has 1 aromatic carbocycles. The van der Waals surface area contributed by atoms with E-state index in [0.717, 1.165) is 0 Å².